The van der Waals surface area contributed by atoms with Crippen LogP contribution in [0, 0.1) is 10.1 Å². The number of anilines is 1. The summed E-state index contributed by atoms with van der Waals surface area (Å²) in [6.45, 7) is 3.42. The van der Waals surface area contributed by atoms with Crippen LogP contribution in [0.3, 0.4) is 0 Å². The van der Waals surface area contributed by atoms with Gasteiger partial charge in [-0.25, -0.2) is 0 Å². The lowest BCUT2D eigenvalue weighted by molar-refractivity contribution is -0.384. The van der Waals surface area contributed by atoms with E-state index in [1.165, 1.54) is 24.3 Å². The Morgan fingerprint density at radius 1 is 1.60 bits per heavy atom. The molecule has 5 heteroatoms. The number of hydrogen-bond donors (Lipinski definition) is 1. The van der Waals surface area contributed by atoms with Crippen LogP contribution in [0.1, 0.15) is 6.42 Å². The van der Waals surface area contributed by atoms with E-state index in [1.807, 2.05) is 0 Å². The van der Waals surface area contributed by atoms with Gasteiger partial charge in [0.2, 0.25) is 5.91 Å². The van der Waals surface area contributed by atoms with Crippen molar-refractivity contribution in [2.45, 2.75) is 6.42 Å². The molecule has 1 aromatic rings. The molecule has 0 atom stereocenters. The molecule has 1 rings (SSSR count). The maximum Gasteiger partial charge on any atom is 0.271 e. The van der Waals surface area contributed by atoms with E-state index >= 15 is 0 Å². The molecular weight excluding hydrogens is 196 g/mol. The molecule has 0 unspecified atom stereocenters. The van der Waals surface area contributed by atoms with Crippen molar-refractivity contribution in [2.24, 2.45) is 0 Å². The Morgan fingerprint density at radius 2 is 2.33 bits per heavy atom. The van der Waals surface area contributed by atoms with Gasteiger partial charge in [0.25, 0.3) is 5.69 Å². The Kier molecular flexibility index (Phi) is 3.56. The van der Waals surface area contributed by atoms with Crippen LogP contribution in [0.25, 0.3) is 0 Å². The average Bonchev–Trinajstić information content (AvgIpc) is 2.18. The molecule has 15 heavy (non-hydrogen) atoms. The molecule has 5 nitrogen and oxygen atoms in total. The van der Waals surface area contributed by atoms with Crippen LogP contribution in [-0.4, -0.2) is 10.8 Å². The van der Waals surface area contributed by atoms with Crippen LogP contribution in [0.4, 0.5) is 11.4 Å². The summed E-state index contributed by atoms with van der Waals surface area (Å²) in [6.07, 6.45) is 1.65. The predicted molar refractivity (Wildman–Crippen MR) is 56.5 cm³/mol. The topological polar surface area (TPSA) is 72.2 Å². The number of benzene rings is 1. The molecular formula is C10H10N2O3. The Balaban J connectivity index is 2.77. The second-order valence-electron chi connectivity index (χ2n) is 2.85. The fourth-order valence-corrected chi connectivity index (χ4v) is 1.04. The van der Waals surface area contributed by atoms with E-state index in [0.29, 0.717) is 5.69 Å². The first-order chi connectivity index (χ1) is 7.13. The molecule has 0 aromatic heterocycles. The number of carbonyl (C=O) groups is 1. The zero-order chi connectivity index (χ0) is 11.3. The highest BCUT2D eigenvalue weighted by Gasteiger charge is 2.06. The minimum atomic E-state index is -0.511. The first-order valence-electron chi connectivity index (χ1n) is 4.28. The van der Waals surface area contributed by atoms with Gasteiger partial charge in [-0.3, -0.25) is 14.9 Å². The highest BCUT2D eigenvalue weighted by atomic mass is 16.6. The molecule has 1 amide bonds. The van der Waals surface area contributed by atoms with Crippen LogP contribution < -0.4 is 5.32 Å². The normalized spacial score (nSPS) is 9.33. The lowest BCUT2D eigenvalue weighted by atomic mass is 10.2. The third kappa shape index (κ3) is 3.22. The number of non-ortho nitro benzene ring substituents is 1. The van der Waals surface area contributed by atoms with Gasteiger partial charge < -0.3 is 5.32 Å². The molecule has 0 saturated heterocycles. The molecule has 1 aromatic carbocycles. The molecule has 1 N–H and O–H groups in total. The number of nitro groups is 1. The van der Waals surface area contributed by atoms with Crippen molar-refractivity contribution in [3.8, 4) is 0 Å². The third-order valence-electron chi connectivity index (χ3n) is 1.67. The molecule has 78 valence electrons. The maximum absolute atomic E-state index is 11.1. The van der Waals surface area contributed by atoms with Crippen LogP contribution in [0.15, 0.2) is 36.9 Å². The lowest BCUT2D eigenvalue weighted by Crippen LogP contribution is -2.09. The minimum Gasteiger partial charge on any atom is -0.326 e. The van der Waals surface area contributed by atoms with Gasteiger partial charge in [-0.2, -0.15) is 0 Å². The van der Waals surface area contributed by atoms with Crippen molar-refractivity contribution < 1.29 is 9.72 Å². The molecule has 0 heterocycles. The second-order valence-corrected chi connectivity index (χ2v) is 2.85. The third-order valence-corrected chi connectivity index (χ3v) is 1.67. The van der Waals surface area contributed by atoms with E-state index in [2.05, 4.69) is 11.9 Å². The minimum absolute atomic E-state index is 0.0496. The smallest absolute Gasteiger partial charge is 0.271 e. The Labute approximate surface area is 86.6 Å². The zero-order valence-electron chi connectivity index (χ0n) is 7.97. The van der Waals surface area contributed by atoms with Crippen LogP contribution in [-0.2, 0) is 4.79 Å². The number of nitrogens with zero attached hydrogens (tertiary/aromatic N) is 1. The van der Waals surface area contributed by atoms with Gasteiger partial charge >= 0.3 is 0 Å². The van der Waals surface area contributed by atoms with Gasteiger partial charge in [-0.15, -0.1) is 6.58 Å². The SMILES string of the molecule is C=CCC(=O)Nc1cccc([N+](=O)[O-])c1. The van der Waals surface area contributed by atoms with Crippen LogP contribution in [0.2, 0.25) is 0 Å². The van der Waals surface area contributed by atoms with Crippen molar-refractivity contribution in [1.29, 1.82) is 0 Å². The highest BCUT2D eigenvalue weighted by Crippen LogP contribution is 2.16. The number of amides is 1. The highest BCUT2D eigenvalue weighted by molar-refractivity contribution is 5.91. The number of rotatable bonds is 4. The summed E-state index contributed by atoms with van der Waals surface area (Å²) in [4.78, 5) is 21.1. The number of hydrogen-bond acceptors (Lipinski definition) is 3. The van der Waals surface area contributed by atoms with Crippen molar-refractivity contribution >= 4 is 17.3 Å². The van der Waals surface area contributed by atoms with E-state index in [9.17, 15) is 14.9 Å². The average molecular weight is 206 g/mol. The quantitative estimate of drug-likeness (QED) is 0.465. The fraction of sp³-hybridized carbons (Fsp3) is 0.100. The Bertz CT molecular complexity index is 401. The molecule has 0 bridgehead atoms. The van der Waals surface area contributed by atoms with Gasteiger partial charge in [0.15, 0.2) is 0 Å². The summed E-state index contributed by atoms with van der Waals surface area (Å²) in [6, 6.07) is 5.78. The molecule has 0 spiro atoms. The Morgan fingerprint density at radius 3 is 2.93 bits per heavy atom. The Hall–Kier alpha value is -2.17. The summed E-state index contributed by atoms with van der Waals surface area (Å²) in [5, 5.41) is 13.0. The summed E-state index contributed by atoms with van der Waals surface area (Å²) >= 11 is 0. The predicted octanol–water partition coefficient (Wildman–Crippen LogP) is 2.11. The van der Waals surface area contributed by atoms with E-state index in [1.54, 1.807) is 6.07 Å². The summed E-state index contributed by atoms with van der Waals surface area (Å²) in [5.41, 5.74) is 0.363. The first-order valence-corrected chi connectivity index (χ1v) is 4.28. The van der Waals surface area contributed by atoms with Gasteiger partial charge in [-0.05, 0) is 6.07 Å². The van der Waals surface area contributed by atoms with Crippen molar-refractivity contribution in [1.82, 2.24) is 0 Å². The van der Waals surface area contributed by atoms with Crippen LogP contribution >= 0.6 is 0 Å². The molecule has 0 saturated carbocycles. The number of carbonyl (C=O) groups excluding carboxylic acids is 1. The molecule has 0 aliphatic carbocycles. The number of nitrogens with one attached hydrogen (secondary N) is 1. The van der Waals surface area contributed by atoms with Gasteiger partial charge in [0, 0.05) is 24.2 Å². The fourth-order valence-electron chi connectivity index (χ4n) is 1.04. The zero-order valence-corrected chi connectivity index (χ0v) is 7.97. The van der Waals surface area contributed by atoms with Crippen molar-refractivity contribution in [2.75, 3.05) is 5.32 Å². The number of nitro benzene ring substituents is 1. The second kappa shape index (κ2) is 4.90. The largest absolute Gasteiger partial charge is 0.326 e. The van der Waals surface area contributed by atoms with E-state index < -0.39 is 4.92 Å². The summed E-state index contributed by atoms with van der Waals surface area (Å²) in [7, 11) is 0. The van der Waals surface area contributed by atoms with Crippen molar-refractivity contribution in [3.05, 3.63) is 47.0 Å². The summed E-state index contributed by atoms with van der Waals surface area (Å²) < 4.78 is 0. The molecule has 0 aliphatic rings. The van der Waals surface area contributed by atoms with E-state index in [4.69, 9.17) is 0 Å². The van der Waals surface area contributed by atoms with Gasteiger partial charge in [-0.1, -0.05) is 12.1 Å². The first kappa shape index (κ1) is 10.9. The van der Waals surface area contributed by atoms with Gasteiger partial charge in [0.1, 0.15) is 0 Å². The summed E-state index contributed by atoms with van der Waals surface area (Å²) in [5.74, 6) is -0.245. The molecule has 0 aliphatic heterocycles. The molecule has 0 radical (unpaired) electrons. The van der Waals surface area contributed by atoms with Gasteiger partial charge in [0.05, 0.1) is 4.92 Å². The van der Waals surface area contributed by atoms with E-state index in [0.717, 1.165) is 0 Å². The molecule has 0 fully saturated rings. The van der Waals surface area contributed by atoms with E-state index in [-0.39, 0.29) is 18.0 Å². The monoisotopic (exact) mass is 206 g/mol. The lowest BCUT2D eigenvalue weighted by Gasteiger charge is -2.02. The van der Waals surface area contributed by atoms with Crippen molar-refractivity contribution in [3.63, 3.8) is 0 Å². The standard InChI is InChI=1S/C10H10N2O3/c1-2-4-10(13)11-8-5-3-6-9(7-8)12(14)15/h2-3,5-7H,1,4H2,(H,11,13). The maximum atomic E-state index is 11.1. The van der Waals surface area contributed by atoms with Crippen LogP contribution in [0.5, 0.6) is 0 Å².